The second-order valence-electron chi connectivity index (χ2n) is 5.68. The predicted octanol–water partition coefficient (Wildman–Crippen LogP) is 2.85. The lowest BCUT2D eigenvalue weighted by Gasteiger charge is -2.22. The van der Waals surface area contributed by atoms with Crippen molar-refractivity contribution in [1.82, 2.24) is 5.32 Å². The number of nitrogens with one attached hydrogen (secondary N) is 1. The van der Waals surface area contributed by atoms with Gasteiger partial charge in [0.25, 0.3) is 15.9 Å². The number of methoxy groups -OCH3 is 1. The van der Waals surface area contributed by atoms with E-state index in [-0.39, 0.29) is 10.8 Å². The van der Waals surface area contributed by atoms with E-state index in [0.29, 0.717) is 35.0 Å². The minimum absolute atomic E-state index is 0.144. The molecule has 0 saturated carbocycles. The number of hydrogen-bond donors (Lipinski definition) is 1. The molecule has 8 heteroatoms. The van der Waals surface area contributed by atoms with E-state index in [1.807, 2.05) is 0 Å². The summed E-state index contributed by atoms with van der Waals surface area (Å²) in [4.78, 5) is 12.2. The summed E-state index contributed by atoms with van der Waals surface area (Å²) in [5.41, 5.74) is 1.62. The number of carbonyl (C=O) groups excluding carboxylic acids is 1. The molecule has 2 aromatic carbocycles. The maximum absolute atomic E-state index is 12.8. The molecule has 0 aromatic heterocycles. The Bertz CT molecular complexity index is 883. The van der Waals surface area contributed by atoms with E-state index in [9.17, 15) is 13.2 Å². The highest BCUT2D eigenvalue weighted by Crippen LogP contribution is 2.26. The summed E-state index contributed by atoms with van der Waals surface area (Å²) in [7, 11) is -0.690. The zero-order chi connectivity index (χ0) is 19.3. The van der Waals surface area contributed by atoms with Gasteiger partial charge in [0.1, 0.15) is 0 Å². The first kappa shape index (κ1) is 20.2. The Morgan fingerprint density at radius 1 is 1.19 bits per heavy atom. The summed E-state index contributed by atoms with van der Waals surface area (Å²) in [5, 5.41) is 3.19. The number of nitrogens with zero attached hydrogens (tertiary/aromatic N) is 1. The molecule has 26 heavy (non-hydrogen) atoms. The molecule has 0 saturated heterocycles. The summed E-state index contributed by atoms with van der Waals surface area (Å²) in [5.74, 6) is -0.236. The number of halogens is 1. The second-order valence-corrected chi connectivity index (χ2v) is 8.08. The van der Waals surface area contributed by atoms with Gasteiger partial charge < -0.3 is 10.1 Å². The number of aryl methyl sites for hydroxylation is 1. The molecule has 0 atom stereocenters. The quantitative estimate of drug-likeness (QED) is 0.730. The Labute approximate surface area is 158 Å². The summed E-state index contributed by atoms with van der Waals surface area (Å²) in [6.45, 7) is 2.58. The zero-order valence-corrected chi connectivity index (χ0v) is 16.4. The molecule has 0 radical (unpaired) electrons. The van der Waals surface area contributed by atoms with E-state index < -0.39 is 10.0 Å². The number of anilines is 1. The Morgan fingerprint density at radius 3 is 2.42 bits per heavy atom. The third-order valence-electron chi connectivity index (χ3n) is 3.86. The summed E-state index contributed by atoms with van der Waals surface area (Å²) in [6.07, 6.45) is 0. The zero-order valence-electron chi connectivity index (χ0n) is 14.8. The van der Waals surface area contributed by atoms with Crippen LogP contribution in [0.2, 0.25) is 5.02 Å². The van der Waals surface area contributed by atoms with Gasteiger partial charge in [-0.2, -0.15) is 0 Å². The molecular weight excluding hydrogens is 376 g/mol. The number of ether oxygens (including phenoxy) is 1. The number of carbonyl (C=O) groups is 1. The fraction of sp³-hybridized carbons (Fsp3) is 0.278. The van der Waals surface area contributed by atoms with E-state index in [1.165, 1.54) is 35.6 Å². The van der Waals surface area contributed by atoms with Crippen molar-refractivity contribution in [2.45, 2.75) is 11.8 Å². The molecule has 0 aliphatic rings. The number of benzene rings is 2. The molecule has 0 unspecified atom stereocenters. The van der Waals surface area contributed by atoms with Crippen molar-refractivity contribution in [2.75, 3.05) is 31.6 Å². The van der Waals surface area contributed by atoms with Gasteiger partial charge in [-0.1, -0.05) is 11.6 Å². The Hall–Kier alpha value is -2.09. The molecule has 1 amide bonds. The maximum Gasteiger partial charge on any atom is 0.264 e. The average molecular weight is 397 g/mol. The van der Waals surface area contributed by atoms with Gasteiger partial charge in [-0.25, -0.2) is 8.42 Å². The fourth-order valence-electron chi connectivity index (χ4n) is 2.41. The second kappa shape index (κ2) is 8.53. The lowest BCUT2D eigenvalue weighted by Crippen LogP contribution is -2.28. The molecular formula is C18H21ClN2O4S. The van der Waals surface area contributed by atoms with E-state index in [4.69, 9.17) is 16.3 Å². The van der Waals surface area contributed by atoms with Crippen LogP contribution in [0.1, 0.15) is 15.9 Å². The van der Waals surface area contributed by atoms with Crippen molar-refractivity contribution in [3.05, 3.63) is 58.6 Å². The smallest absolute Gasteiger partial charge is 0.264 e. The lowest BCUT2D eigenvalue weighted by molar-refractivity contribution is 0.0937. The van der Waals surface area contributed by atoms with Crippen molar-refractivity contribution in [3.8, 4) is 0 Å². The normalized spacial score (nSPS) is 11.2. The Kier molecular flexibility index (Phi) is 6.63. The first-order valence-corrected chi connectivity index (χ1v) is 9.71. The highest BCUT2D eigenvalue weighted by molar-refractivity contribution is 7.92. The monoisotopic (exact) mass is 396 g/mol. The first-order valence-electron chi connectivity index (χ1n) is 7.89. The number of sulfonamides is 1. The van der Waals surface area contributed by atoms with E-state index in [1.54, 1.807) is 32.2 Å². The molecule has 0 spiro atoms. The molecule has 2 aromatic rings. The van der Waals surface area contributed by atoms with Crippen molar-refractivity contribution >= 4 is 33.2 Å². The van der Waals surface area contributed by atoms with Gasteiger partial charge in [0.15, 0.2) is 0 Å². The van der Waals surface area contributed by atoms with E-state index in [2.05, 4.69) is 5.32 Å². The molecule has 0 aliphatic heterocycles. The Balaban J connectivity index is 2.25. The summed E-state index contributed by atoms with van der Waals surface area (Å²) >= 11 is 5.82. The van der Waals surface area contributed by atoms with Crippen LogP contribution in [0.15, 0.2) is 47.4 Å². The van der Waals surface area contributed by atoms with Crippen LogP contribution >= 0.6 is 11.6 Å². The predicted molar refractivity (Wildman–Crippen MR) is 102 cm³/mol. The van der Waals surface area contributed by atoms with Crippen LogP contribution in [-0.4, -0.2) is 41.6 Å². The highest BCUT2D eigenvalue weighted by Gasteiger charge is 2.23. The van der Waals surface area contributed by atoms with E-state index >= 15 is 0 Å². The van der Waals surface area contributed by atoms with Gasteiger partial charge in [0.05, 0.1) is 17.2 Å². The molecule has 0 aliphatic carbocycles. The standard InChI is InChI=1S/C18H21ClN2O4S/c1-13-12-14(18(22)20-10-11-25-3)4-9-17(13)21(2)26(23,24)16-7-5-15(19)6-8-16/h4-9,12H,10-11H2,1-3H3,(H,20,22). The van der Waals surface area contributed by atoms with Gasteiger partial charge >= 0.3 is 0 Å². The van der Waals surface area contributed by atoms with Crippen molar-refractivity contribution < 1.29 is 17.9 Å². The molecule has 6 nitrogen and oxygen atoms in total. The third-order valence-corrected chi connectivity index (χ3v) is 5.90. The lowest BCUT2D eigenvalue weighted by atomic mass is 10.1. The van der Waals surface area contributed by atoms with Crippen LogP contribution in [0.5, 0.6) is 0 Å². The number of amides is 1. The van der Waals surface area contributed by atoms with E-state index in [0.717, 1.165) is 0 Å². The van der Waals surface area contributed by atoms with Gasteiger partial charge in [0.2, 0.25) is 0 Å². The molecule has 1 N–H and O–H groups in total. The first-order chi connectivity index (χ1) is 12.3. The third kappa shape index (κ3) is 4.55. The highest BCUT2D eigenvalue weighted by atomic mass is 35.5. The number of rotatable bonds is 7. The topological polar surface area (TPSA) is 75.7 Å². The SMILES string of the molecule is COCCNC(=O)c1ccc(N(C)S(=O)(=O)c2ccc(Cl)cc2)c(C)c1. The minimum Gasteiger partial charge on any atom is -0.383 e. The van der Waals surface area contributed by atoms with Gasteiger partial charge in [-0.05, 0) is 55.0 Å². The summed E-state index contributed by atoms with van der Waals surface area (Å²) < 4.78 is 31.6. The van der Waals surface area contributed by atoms with Gasteiger partial charge in [-0.3, -0.25) is 9.10 Å². The number of hydrogen-bond acceptors (Lipinski definition) is 4. The largest absolute Gasteiger partial charge is 0.383 e. The molecule has 0 heterocycles. The fourth-order valence-corrected chi connectivity index (χ4v) is 3.80. The van der Waals surface area contributed by atoms with Crippen LogP contribution in [0.4, 0.5) is 5.69 Å². The molecule has 140 valence electrons. The molecule has 0 bridgehead atoms. The van der Waals surface area contributed by atoms with Crippen molar-refractivity contribution in [3.63, 3.8) is 0 Å². The maximum atomic E-state index is 12.8. The van der Waals surface area contributed by atoms with Crippen LogP contribution in [-0.2, 0) is 14.8 Å². The Morgan fingerprint density at radius 2 is 1.85 bits per heavy atom. The average Bonchev–Trinajstić information content (AvgIpc) is 2.61. The van der Waals surface area contributed by atoms with Crippen molar-refractivity contribution in [1.29, 1.82) is 0 Å². The van der Waals surface area contributed by atoms with Crippen LogP contribution < -0.4 is 9.62 Å². The van der Waals surface area contributed by atoms with Crippen LogP contribution in [0, 0.1) is 6.92 Å². The van der Waals surface area contributed by atoms with Gasteiger partial charge in [-0.15, -0.1) is 0 Å². The minimum atomic E-state index is -3.72. The summed E-state index contributed by atoms with van der Waals surface area (Å²) in [6, 6.07) is 10.9. The van der Waals surface area contributed by atoms with Crippen LogP contribution in [0.25, 0.3) is 0 Å². The molecule has 2 rings (SSSR count). The van der Waals surface area contributed by atoms with Gasteiger partial charge in [0, 0.05) is 31.3 Å². The van der Waals surface area contributed by atoms with Crippen LogP contribution in [0.3, 0.4) is 0 Å². The van der Waals surface area contributed by atoms with Crippen molar-refractivity contribution in [2.24, 2.45) is 0 Å². The molecule has 0 fully saturated rings.